The Labute approximate surface area is 203 Å². The van der Waals surface area contributed by atoms with Crippen molar-refractivity contribution in [2.24, 2.45) is 5.92 Å². The number of benzene rings is 2. The number of carbonyl (C=O) groups is 2. The fourth-order valence-electron chi connectivity index (χ4n) is 5.02. The van der Waals surface area contributed by atoms with Crippen molar-refractivity contribution in [1.82, 2.24) is 10.2 Å². The van der Waals surface area contributed by atoms with E-state index in [2.05, 4.69) is 48.3 Å². The van der Waals surface area contributed by atoms with Gasteiger partial charge in [0, 0.05) is 18.7 Å². The van der Waals surface area contributed by atoms with Gasteiger partial charge < -0.3 is 15.0 Å². The van der Waals surface area contributed by atoms with Gasteiger partial charge in [0.2, 0.25) is 0 Å². The van der Waals surface area contributed by atoms with Crippen LogP contribution in [-0.2, 0) is 17.7 Å². The van der Waals surface area contributed by atoms with Crippen molar-refractivity contribution < 1.29 is 14.3 Å². The zero-order valence-electron chi connectivity index (χ0n) is 21.0. The van der Waals surface area contributed by atoms with Gasteiger partial charge in [0.25, 0.3) is 5.91 Å². The van der Waals surface area contributed by atoms with E-state index in [1.54, 1.807) is 0 Å². The van der Waals surface area contributed by atoms with Gasteiger partial charge in [-0.05, 0) is 85.9 Å². The lowest BCUT2D eigenvalue weighted by molar-refractivity contribution is 0.0523. The molecule has 2 amide bonds. The minimum Gasteiger partial charge on any atom is -0.444 e. The molecule has 2 aromatic rings. The molecule has 2 aliphatic rings. The van der Waals surface area contributed by atoms with Crippen LogP contribution in [-0.4, -0.2) is 35.1 Å². The first-order chi connectivity index (χ1) is 16.1. The van der Waals surface area contributed by atoms with Crippen LogP contribution in [0, 0.1) is 5.92 Å². The van der Waals surface area contributed by atoms with Gasteiger partial charge in [-0.1, -0.05) is 50.2 Å². The molecule has 1 aliphatic heterocycles. The Morgan fingerprint density at radius 3 is 2.47 bits per heavy atom. The lowest BCUT2D eigenvalue weighted by atomic mass is 9.87. The maximum absolute atomic E-state index is 13.6. The highest BCUT2D eigenvalue weighted by Crippen LogP contribution is 2.42. The van der Waals surface area contributed by atoms with Gasteiger partial charge in [0.05, 0.1) is 6.04 Å². The Kier molecular flexibility index (Phi) is 6.83. The molecule has 1 heterocycles. The van der Waals surface area contributed by atoms with Gasteiger partial charge in [-0.25, -0.2) is 4.79 Å². The second-order valence-corrected chi connectivity index (χ2v) is 10.8. The smallest absolute Gasteiger partial charge is 0.407 e. The van der Waals surface area contributed by atoms with Crippen molar-refractivity contribution in [3.8, 4) is 0 Å². The van der Waals surface area contributed by atoms with E-state index in [9.17, 15) is 9.59 Å². The minimum atomic E-state index is -0.530. The summed E-state index contributed by atoms with van der Waals surface area (Å²) in [5, 5.41) is 2.77. The van der Waals surface area contributed by atoms with Crippen LogP contribution in [0.5, 0.6) is 0 Å². The summed E-state index contributed by atoms with van der Waals surface area (Å²) in [6.45, 7) is 11.1. The number of hydrogen-bond acceptors (Lipinski definition) is 3. The normalized spacial score (nSPS) is 17.5. The Bertz CT molecular complexity index is 1090. The van der Waals surface area contributed by atoms with Gasteiger partial charge in [-0.2, -0.15) is 0 Å². The van der Waals surface area contributed by atoms with Crippen molar-refractivity contribution >= 4 is 17.6 Å². The zero-order valence-corrected chi connectivity index (χ0v) is 21.0. The van der Waals surface area contributed by atoms with E-state index in [0.717, 1.165) is 31.4 Å². The maximum Gasteiger partial charge on any atom is 0.407 e. The summed E-state index contributed by atoms with van der Waals surface area (Å²) in [6, 6.07) is 16.4. The van der Waals surface area contributed by atoms with Gasteiger partial charge in [-0.15, -0.1) is 0 Å². The summed E-state index contributed by atoms with van der Waals surface area (Å²) < 4.78 is 5.29. The minimum absolute atomic E-state index is 0.0832. The van der Waals surface area contributed by atoms with E-state index in [1.165, 1.54) is 22.3 Å². The van der Waals surface area contributed by atoms with Crippen molar-refractivity contribution in [1.29, 1.82) is 0 Å². The summed E-state index contributed by atoms with van der Waals surface area (Å²) in [7, 11) is 0. The molecule has 0 saturated heterocycles. The molecule has 0 fully saturated rings. The molecule has 1 unspecified atom stereocenters. The number of rotatable bonds is 5. The predicted molar refractivity (Wildman–Crippen MR) is 135 cm³/mol. The molecule has 0 radical (unpaired) electrons. The first-order valence-corrected chi connectivity index (χ1v) is 12.3. The highest BCUT2D eigenvalue weighted by molar-refractivity contribution is 5.95. The Morgan fingerprint density at radius 1 is 1.09 bits per heavy atom. The summed E-state index contributed by atoms with van der Waals surface area (Å²) in [5.74, 6) is 0.581. The maximum atomic E-state index is 13.6. The first kappa shape index (κ1) is 24.1. The summed E-state index contributed by atoms with van der Waals surface area (Å²) in [5.41, 5.74) is 6.72. The number of alkyl carbamates (subject to hydrolysis) is 1. The van der Waals surface area contributed by atoms with E-state index in [-0.39, 0.29) is 11.9 Å². The lowest BCUT2D eigenvalue weighted by Gasteiger charge is -2.38. The molecule has 4 rings (SSSR count). The van der Waals surface area contributed by atoms with Crippen LogP contribution < -0.4 is 5.32 Å². The molecular weight excluding hydrogens is 424 g/mol. The van der Waals surface area contributed by atoms with Crippen LogP contribution in [0.4, 0.5) is 4.79 Å². The van der Waals surface area contributed by atoms with Crippen molar-refractivity contribution in [3.05, 3.63) is 76.4 Å². The van der Waals surface area contributed by atoms with E-state index < -0.39 is 11.7 Å². The molecule has 5 nitrogen and oxygen atoms in total. The van der Waals surface area contributed by atoms with Crippen LogP contribution in [0.15, 0.2) is 54.1 Å². The van der Waals surface area contributed by atoms with Crippen LogP contribution in [0.25, 0.3) is 5.57 Å². The van der Waals surface area contributed by atoms with E-state index in [0.29, 0.717) is 18.0 Å². The van der Waals surface area contributed by atoms with E-state index in [4.69, 9.17) is 4.74 Å². The van der Waals surface area contributed by atoms with E-state index >= 15 is 0 Å². The topological polar surface area (TPSA) is 58.6 Å². The molecule has 5 heteroatoms. The van der Waals surface area contributed by atoms with Crippen LogP contribution in [0.3, 0.4) is 0 Å². The first-order valence-electron chi connectivity index (χ1n) is 12.3. The monoisotopic (exact) mass is 460 g/mol. The molecule has 1 N–H and O–H groups in total. The molecule has 1 aliphatic carbocycles. The van der Waals surface area contributed by atoms with Gasteiger partial charge in [-0.3, -0.25) is 4.79 Å². The molecule has 180 valence electrons. The molecule has 1 atom stereocenters. The molecule has 0 bridgehead atoms. The third-order valence-corrected chi connectivity index (χ3v) is 6.48. The lowest BCUT2D eigenvalue weighted by Crippen LogP contribution is -2.45. The van der Waals surface area contributed by atoms with Crippen molar-refractivity contribution in [2.45, 2.75) is 72.1 Å². The number of carbonyl (C=O) groups excluding carboxylic acids is 2. The summed E-state index contributed by atoms with van der Waals surface area (Å²) in [4.78, 5) is 27.6. The quantitative estimate of drug-likeness (QED) is 0.597. The third kappa shape index (κ3) is 5.35. The second kappa shape index (κ2) is 9.65. The summed E-state index contributed by atoms with van der Waals surface area (Å²) >= 11 is 0. The number of ether oxygens (including phenoxy) is 1. The standard InChI is InChI=1S/C29H36N2O3/c1-19(2)16-26-25-17-22-8-6-7-9-23(22)24(25)14-15-31(26)27(32)21-12-10-20(11-13-21)18-30-28(33)34-29(3,4)5/h6-13,19,26H,14-18H2,1-5H3,(H,30,33). The summed E-state index contributed by atoms with van der Waals surface area (Å²) in [6.07, 6.45) is 2.38. The van der Waals surface area contributed by atoms with Crippen molar-refractivity contribution in [3.63, 3.8) is 0 Å². The van der Waals surface area contributed by atoms with Crippen LogP contribution in [0.2, 0.25) is 0 Å². The highest BCUT2D eigenvalue weighted by Gasteiger charge is 2.37. The van der Waals surface area contributed by atoms with Gasteiger partial charge in [0.1, 0.15) is 5.60 Å². The molecule has 34 heavy (non-hydrogen) atoms. The SMILES string of the molecule is CC(C)CC1C2=C(CCN1C(=O)c1ccc(CNC(=O)OC(C)(C)C)cc1)c1ccccc1C2. The largest absolute Gasteiger partial charge is 0.444 e. The average Bonchev–Trinajstić information content (AvgIpc) is 3.16. The molecule has 2 aromatic carbocycles. The Morgan fingerprint density at radius 2 is 1.79 bits per heavy atom. The Balaban J connectivity index is 1.47. The van der Waals surface area contributed by atoms with Crippen LogP contribution >= 0.6 is 0 Å². The number of nitrogens with zero attached hydrogens (tertiary/aromatic N) is 1. The highest BCUT2D eigenvalue weighted by atomic mass is 16.6. The molecule has 0 aromatic heterocycles. The average molecular weight is 461 g/mol. The fourth-order valence-corrected chi connectivity index (χ4v) is 5.02. The van der Waals surface area contributed by atoms with Gasteiger partial charge >= 0.3 is 6.09 Å². The Hall–Kier alpha value is -3.08. The van der Waals surface area contributed by atoms with Crippen molar-refractivity contribution in [2.75, 3.05) is 6.54 Å². The zero-order chi connectivity index (χ0) is 24.5. The number of fused-ring (bicyclic) bond motifs is 2. The number of amides is 2. The predicted octanol–water partition coefficient (Wildman–Crippen LogP) is 5.98. The second-order valence-electron chi connectivity index (χ2n) is 10.8. The van der Waals surface area contributed by atoms with Crippen LogP contribution in [0.1, 0.15) is 74.5 Å². The number of nitrogens with one attached hydrogen (secondary N) is 1. The van der Waals surface area contributed by atoms with E-state index in [1.807, 2.05) is 45.0 Å². The molecule has 0 saturated carbocycles. The fraction of sp³-hybridized carbons (Fsp3) is 0.448. The molecule has 0 spiro atoms. The third-order valence-electron chi connectivity index (χ3n) is 6.48. The molecular formula is C29H36N2O3. The van der Waals surface area contributed by atoms with Gasteiger partial charge in [0.15, 0.2) is 0 Å². The number of hydrogen-bond donors (Lipinski definition) is 1.